The third kappa shape index (κ3) is 1.57. The topological polar surface area (TPSA) is 86.9 Å². The van der Waals surface area contributed by atoms with Crippen molar-refractivity contribution in [2.45, 2.75) is 26.8 Å². The zero-order valence-corrected chi connectivity index (χ0v) is 11.1. The average Bonchev–Trinajstić information content (AvgIpc) is 2.91. The van der Waals surface area contributed by atoms with Gasteiger partial charge in [0.05, 0.1) is 0 Å². The van der Waals surface area contributed by atoms with Crippen LogP contribution < -0.4 is 5.73 Å². The third-order valence-corrected chi connectivity index (χ3v) is 3.38. The van der Waals surface area contributed by atoms with Crippen molar-refractivity contribution in [1.82, 2.24) is 29.6 Å². The van der Waals surface area contributed by atoms with Gasteiger partial charge in [-0.3, -0.25) is 4.68 Å². The van der Waals surface area contributed by atoms with Gasteiger partial charge >= 0.3 is 0 Å². The molecule has 0 unspecified atom stereocenters. The van der Waals surface area contributed by atoms with Crippen LogP contribution in [0.2, 0.25) is 0 Å². The summed E-state index contributed by atoms with van der Waals surface area (Å²) in [5.74, 6) is 0.625. The van der Waals surface area contributed by atoms with Gasteiger partial charge in [0.25, 0.3) is 0 Å². The predicted molar refractivity (Wildman–Crippen MR) is 69.4 cm³/mol. The van der Waals surface area contributed by atoms with Crippen molar-refractivity contribution in [2.24, 2.45) is 0 Å². The van der Waals surface area contributed by atoms with Gasteiger partial charge in [-0.2, -0.15) is 9.61 Å². The lowest BCUT2D eigenvalue weighted by Crippen LogP contribution is -2.04. The molecule has 0 aliphatic heterocycles. The lowest BCUT2D eigenvalue weighted by molar-refractivity contribution is 0.520. The first-order valence-corrected chi connectivity index (χ1v) is 6.42. The largest absolute Gasteiger partial charge is 0.374 e. The molecule has 3 aromatic rings. The van der Waals surface area contributed by atoms with Crippen LogP contribution in [-0.4, -0.2) is 29.6 Å². The Morgan fingerprint density at radius 2 is 2.06 bits per heavy atom. The van der Waals surface area contributed by atoms with E-state index in [2.05, 4.69) is 34.2 Å². The molecule has 0 amide bonds. The van der Waals surface area contributed by atoms with Crippen LogP contribution in [0.25, 0.3) is 16.5 Å². The molecule has 0 fully saturated rings. The molecule has 0 bridgehead atoms. The van der Waals surface area contributed by atoms with Gasteiger partial charge in [0.1, 0.15) is 5.69 Å². The number of aryl methyl sites for hydroxylation is 1. The average molecular weight is 263 g/mol. The Hall–Kier alpha value is -1.96. The molecule has 0 saturated carbocycles. The molecule has 94 valence electrons. The Morgan fingerprint density at radius 1 is 1.28 bits per heavy atom. The van der Waals surface area contributed by atoms with Gasteiger partial charge in [0, 0.05) is 11.7 Å². The summed E-state index contributed by atoms with van der Waals surface area (Å²) in [4.78, 5) is 0.680. The van der Waals surface area contributed by atoms with Crippen LogP contribution in [0, 0.1) is 6.92 Å². The molecular formula is C10H13N7S. The van der Waals surface area contributed by atoms with E-state index in [0.29, 0.717) is 22.0 Å². The van der Waals surface area contributed by atoms with Gasteiger partial charge in [-0.1, -0.05) is 11.3 Å². The number of rotatable bonds is 2. The Labute approximate surface area is 107 Å². The van der Waals surface area contributed by atoms with Crippen LogP contribution in [0.4, 0.5) is 5.13 Å². The monoisotopic (exact) mass is 263 g/mol. The van der Waals surface area contributed by atoms with Crippen LogP contribution >= 0.6 is 11.3 Å². The highest BCUT2D eigenvalue weighted by Crippen LogP contribution is 2.23. The number of fused-ring (bicyclic) bond motifs is 1. The minimum absolute atomic E-state index is 0.308. The predicted octanol–water partition coefficient (Wildman–Crippen LogP) is 1.52. The molecule has 2 N–H and O–H groups in total. The number of nitrogens with zero attached hydrogens (tertiary/aromatic N) is 6. The number of nitrogens with two attached hydrogens (primary N) is 1. The fourth-order valence-electron chi connectivity index (χ4n) is 1.91. The lowest BCUT2D eigenvalue weighted by atomic mass is 10.3. The van der Waals surface area contributed by atoms with E-state index in [4.69, 9.17) is 5.73 Å². The third-order valence-electron chi connectivity index (χ3n) is 2.65. The molecule has 0 atom stereocenters. The van der Waals surface area contributed by atoms with E-state index in [-0.39, 0.29) is 0 Å². The highest BCUT2D eigenvalue weighted by Gasteiger charge is 2.16. The minimum Gasteiger partial charge on any atom is -0.374 e. The maximum Gasteiger partial charge on any atom is 0.236 e. The van der Waals surface area contributed by atoms with Crippen LogP contribution in [0.15, 0.2) is 6.07 Å². The van der Waals surface area contributed by atoms with Crippen molar-refractivity contribution in [3.63, 3.8) is 0 Å². The standard InChI is InChI=1S/C10H13N7S/c1-5(2)16-6(3)4-7(14-16)8-12-13-10-17(8)15-9(11)18-10/h4-5H,1-3H3,(H2,11,15). The van der Waals surface area contributed by atoms with E-state index in [1.807, 2.05) is 17.7 Å². The smallest absolute Gasteiger partial charge is 0.236 e. The molecule has 0 aliphatic rings. The highest BCUT2D eigenvalue weighted by molar-refractivity contribution is 7.20. The Kier molecular flexibility index (Phi) is 2.34. The zero-order chi connectivity index (χ0) is 12.9. The number of nitrogen functional groups attached to an aromatic ring is 1. The van der Waals surface area contributed by atoms with Crippen LogP contribution in [-0.2, 0) is 0 Å². The fourth-order valence-corrected chi connectivity index (χ4v) is 2.52. The van der Waals surface area contributed by atoms with E-state index in [1.165, 1.54) is 11.3 Å². The number of anilines is 1. The summed E-state index contributed by atoms with van der Waals surface area (Å²) >= 11 is 1.31. The quantitative estimate of drug-likeness (QED) is 0.757. The summed E-state index contributed by atoms with van der Waals surface area (Å²) in [6.07, 6.45) is 0. The zero-order valence-electron chi connectivity index (χ0n) is 10.3. The molecule has 3 rings (SSSR count). The van der Waals surface area contributed by atoms with Crippen molar-refractivity contribution in [3.05, 3.63) is 11.8 Å². The van der Waals surface area contributed by atoms with Gasteiger partial charge in [0.15, 0.2) is 0 Å². The molecular weight excluding hydrogens is 250 g/mol. The summed E-state index contributed by atoms with van der Waals surface area (Å²) in [6.45, 7) is 6.19. The first-order valence-electron chi connectivity index (χ1n) is 5.60. The van der Waals surface area contributed by atoms with E-state index in [0.717, 1.165) is 11.4 Å². The molecule has 7 nitrogen and oxygen atoms in total. The first kappa shape index (κ1) is 11.1. The highest BCUT2D eigenvalue weighted by atomic mass is 32.1. The molecule has 3 heterocycles. The minimum atomic E-state index is 0.308. The van der Waals surface area contributed by atoms with E-state index < -0.39 is 0 Å². The lowest BCUT2D eigenvalue weighted by Gasteiger charge is -2.06. The number of hydrogen-bond acceptors (Lipinski definition) is 6. The molecule has 0 radical (unpaired) electrons. The van der Waals surface area contributed by atoms with Gasteiger partial charge in [-0.05, 0) is 26.8 Å². The SMILES string of the molecule is Cc1cc(-c2nnc3sc(N)nn23)nn1C(C)C. The molecule has 18 heavy (non-hydrogen) atoms. The maximum absolute atomic E-state index is 5.66. The van der Waals surface area contributed by atoms with Crippen molar-refractivity contribution in [1.29, 1.82) is 0 Å². The maximum atomic E-state index is 5.66. The molecule has 8 heteroatoms. The Morgan fingerprint density at radius 3 is 2.72 bits per heavy atom. The van der Waals surface area contributed by atoms with Gasteiger partial charge in [-0.15, -0.1) is 15.3 Å². The molecule has 0 aliphatic carbocycles. The normalized spacial score (nSPS) is 11.8. The molecule has 0 saturated heterocycles. The van der Waals surface area contributed by atoms with E-state index in [1.54, 1.807) is 4.52 Å². The van der Waals surface area contributed by atoms with Crippen LogP contribution in [0.3, 0.4) is 0 Å². The number of hydrogen-bond donors (Lipinski definition) is 1. The molecule has 3 aromatic heterocycles. The molecule has 0 aromatic carbocycles. The molecule has 0 spiro atoms. The number of aromatic nitrogens is 6. The first-order chi connectivity index (χ1) is 8.56. The second kappa shape index (κ2) is 3.77. The van der Waals surface area contributed by atoms with Gasteiger partial charge in [0.2, 0.25) is 15.9 Å². The van der Waals surface area contributed by atoms with Crippen molar-refractivity contribution in [2.75, 3.05) is 5.73 Å². The second-order valence-electron chi connectivity index (χ2n) is 4.37. The summed E-state index contributed by atoms with van der Waals surface area (Å²) < 4.78 is 3.58. The van der Waals surface area contributed by atoms with Crippen LogP contribution in [0.1, 0.15) is 25.6 Å². The summed E-state index contributed by atoms with van der Waals surface area (Å²) in [6, 6.07) is 2.29. The second-order valence-corrected chi connectivity index (χ2v) is 5.36. The van der Waals surface area contributed by atoms with Crippen molar-refractivity contribution >= 4 is 21.4 Å². The van der Waals surface area contributed by atoms with Gasteiger partial charge < -0.3 is 5.73 Å². The summed E-state index contributed by atoms with van der Waals surface area (Å²) in [5, 5.41) is 17.3. The van der Waals surface area contributed by atoms with E-state index in [9.17, 15) is 0 Å². The van der Waals surface area contributed by atoms with E-state index >= 15 is 0 Å². The Balaban J connectivity index is 2.16. The summed E-state index contributed by atoms with van der Waals surface area (Å²) in [5.41, 5.74) is 7.50. The Bertz CT molecular complexity index is 705. The fraction of sp³-hybridized carbons (Fsp3) is 0.400. The van der Waals surface area contributed by atoms with Crippen molar-refractivity contribution in [3.8, 4) is 11.5 Å². The summed E-state index contributed by atoms with van der Waals surface area (Å²) in [7, 11) is 0. The van der Waals surface area contributed by atoms with Crippen LogP contribution in [0.5, 0.6) is 0 Å². The van der Waals surface area contributed by atoms with Gasteiger partial charge in [-0.25, -0.2) is 0 Å². The van der Waals surface area contributed by atoms with Crippen molar-refractivity contribution < 1.29 is 0 Å².